The van der Waals surface area contributed by atoms with Gasteiger partial charge in [-0.25, -0.2) is 14.8 Å². The van der Waals surface area contributed by atoms with E-state index in [1.165, 1.54) is 16.8 Å². The molecular weight excluding hydrogens is 420 g/mol. The van der Waals surface area contributed by atoms with E-state index >= 15 is 0 Å². The number of rotatable bonds is 4. The Morgan fingerprint density at radius 3 is 2.85 bits per heavy atom. The zero-order valence-corrected chi connectivity index (χ0v) is 17.9. The van der Waals surface area contributed by atoms with Crippen molar-refractivity contribution >= 4 is 22.6 Å². The van der Waals surface area contributed by atoms with Crippen LogP contribution in [0.2, 0.25) is 0 Å². The number of nitrogens with zero attached hydrogens (tertiary/aromatic N) is 4. The summed E-state index contributed by atoms with van der Waals surface area (Å²) in [5.74, 6) is 0.720. The van der Waals surface area contributed by atoms with Gasteiger partial charge in [0.15, 0.2) is 0 Å². The summed E-state index contributed by atoms with van der Waals surface area (Å²) in [4.78, 5) is 48.9. The Labute approximate surface area is 188 Å². The van der Waals surface area contributed by atoms with Crippen molar-refractivity contribution in [3.8, 4) is 11.3 Å². The first-order valence-corrected chi connectivity index (χ1v) is 11.2. The standard InChI is InChI=1S/C24H22N6O3/c31-22(15-11-18-21(25-12-15)30(17-7-8-17)24(33)28-23(18)32)26-16-5-3-4-14(10-16)19-13-29-9-2-1-6-20(29)27-19/h3-5,10-13,17H,1-2,6-9H2,(H,26,31)(H,28,32,33). The molecule has 4 heterocycles. The number of carbonyl (C=O) groups excluding carboxylic acids is 1. The topological polar surface area (TPSA) is 115 Å². The van der Waals surface area contributed by atoms with Gasteiger partial charge in [0, 0.05) is 42.7 Å². The monoisotopic (exact) mass is 442 g/mol. The molecule has 6 rings (SSSR count). The SMILES string of the molecule is O=C(Nc1cccc(-c2cn3c(n2)CCCC3)c1)c1cnc2c(c1)c(=O)[nH]c(=O)n2C1CC1. The lowest BCUT2D eigenvalue weighted by atomic mass is 10.1. The zero-order chi connectivity index (χ0) is 22.5. The molecule has 3 aromatic heterocycles. The lowest BCUT2D eigenvalue weighted by Gasteiger charge is -2.11. The second-order valence-corrected chi connectivity index (χ2v) is 8.68. The van der Waals surface area contributed by atoms with Crippen LogP contribution in [0.15, 0.2) is 52.3 Å². The van der Waals surface area contributed by atoms with Crippen LogP contribution in [-0.4, -0.2) is 30.0 Å². The van der Waals surface area contributed by atoms with Gasteiger partial charge in [0.2, 0.25) is 0 Å². The summed E-state index contributed by atoms with van der Waals surface area (Å²) in [6.45, 7) is 0.988. The molecule has 1 aromatic carbocycles. The third-order valence-electron chi connectivity index (χ3n) is 6.28. The normalized spacial score (nSPS) is 15.4. The van der Waals surface area contributed by atoms with E-state index < -0.39 is 11.2 Å². The third kappa shape index (κ3) is 3.55. The second kappa shape index (κ2) is 7.54. The second-order valence-electron chi connectivity index (χ2n) is 8.68. The van der Waals surface area contributed by atoms with Crippen molar-refractivity contribution in [2.75, 3.05) is 5.32 Å². The lowest BCUT2D eigenvalue weighted by Crippen LogP contribution is -2.30. The van der Waals surface area contributed by atoms with Gasteiger partial charge in [0.25, 0.3) is 11.5 Å². The summed E-state index contributed by atoms with van der Waals surface area (Å²) in [5.41, 5.74) is 2.00. The van der Waals surface area contributed by atoms with E-state index in [1.54, 1.807) is 0 Å². The minimum atomic E-state index is -0.542. The molecule has 166 valence electrons. The van der Waals surface area contributed by atoms with E-state index in [0.29, 0.717) is 11.3 Å². The molecule has 0 atom stereocenters. The number of benzene rings is 1. The molecule has 33 heavy (non-hydrogen) atoms. The molecule has 0 saturated heterocycles. The first-order valence-electron chi connectivity index (χ1n) is 11.2. The highest BCUT2D eigenvalue weighted by atomic mass is 16.2. The Kier molecular flexibility index (Phi) is 4.49. The Morgan fingerprint density at radius 2 is 2.03 bits per heavy atom. The van der Waals surface area contributed by atoms with E-state index in [0.717, 1.165) is 55.7 Å². The molecule has 1 aliphatic heterocycles. The Morgan fingerprint density at radius 1 is 1.15 bits per heavy atom. The molecule has 1 amide bonds. The van der Waals surface area contributed by atoms with Crippen LogP contribution in [0.5, 0.6) is 0 Å². The van der Waals surface area contributed by atoms with Gasteiger partial charge >= 0.3 is 5.69 Å². The van der Waals surface area contributed by atoms with Crippen molar-refractivity contribution in [1.29, 1.82) is 0 Å². The van der Waals surface area contributed by atoms with Gasteiger partial charge in [-0.2, -0.15) is 0 Å². The number of hydrogen-bond donors (Lipinski definition) is 2. The molecule has 0 bridgehead atoms. The molecule has 1 fully saturated rings. The van der Waals surface area contributed by atoms with E-state index in [4.69, 9.17) is 4.98 Å². The highest BCUT2D eigenvalue weighted by molar-refractivity contribution is 6.05. The Bertz CT molecular complexity index is 1500. The number of amides is 1. The maximum atomic E-state index is 12.9. The van der Waals surface area contributed by atoms with Gasteiger partial charge in [0.1, 0.15) is 11.5 Å². The van der Waals surface area contributed by atoms with Gasteiger partial charge in [-0.15, -0.1) is 0 Å². The fourth-order valence-corrected chi connectivity index (χ4v) is 4.44. The van der Waals surface area contributed by atoms with E-state index in [2.05, 4.69) is 26.0 Å². The van der Waals surface area contributed by atoms with E-state index in [1.807, 2.05) is 24.3 Å². The van der Waals surface area contributed by atoms with Crippen LogP contribution in [0.4, 0.5) is 5.69 Å². The van der Waals surface area contributed by atoms with Crippen LogP contribution in [0.1, 0.15) is 47.9 Å². The molecule has 1 aliphatic carbocycles. The van der Waals surface area contributed by atoms with Crippen molar-refractivity contribution < 1.29 is 4.79 Å². The Balaban J connectivity index is 1.29. The van der Waals surface area contributed by atoms with Crippen molar-refractivity contribution in [3.05, 3.63) is 75.0 Å². The first kappa shape index (κ1) is 19.7. The smallest absolute Gasteiger partial charge is 0.330 e. The number of anilines is 1. The first-order chi connectivity index (χ1) is 16.1. The number of H-pyrrole nitrogens is 1. The van der Waals surface area contributed by atoms with Gasteiger partial charge in [-0.1, -0.05) is 12.1 Å². The summed E-state index contributed by atoms with van der Waals surface area (Å²) in [7, 11) is 0. The highest BCUT2D eigenvalue weighted by Gasteiger charge is 2.28. The minimum Gasteiger partial charge on any atom is -0.334 e. The van der Waals surface area contributed by atoms with Crippen molar-refractivity contribution in [1.82, 2.24) is 24.1 Å². The Hall–Kier alpha value is -4.01. The van der Waals surface area contributed by atoms with Crippen LogP contribution in [-0.2, 0) is 13.0 Å². The highest BCUT2D eigenvalue weighted by Crippen LogP contribution is 2.34. The van der Waals surface area contributed by atoms with Crippen LogP contribution in [0, 0.1) is 0 Å². The minimum absolute atomic E-state index is 0.0559. The molecule has 1 saturated carbocycles. The summed E-state index contributed by atoms with van der Waals surface area (Å²) < 4.78 is 3.70. The predicted molar refractivity (Wildman–Crippen MR) is 123 cm³/mol. The fourth-order valence-electron chi connectivity index (χ4n) is 4.44. The number of carbonyl (C=O) groups is 1. The molecule has 2 N–H and O–H groups in total. The molecule has 0 radical (unpaired) electrons. The largest absolute Gasteiger partial charge is 0.334 e. The molecule has 2 aliphatic rings. The molecule has 9 nitrogen and oxygen atoms in total. The van der Waals surface area contributed by atoms with Gasteiger partial charge in [-0.05, 0) is 43.9 Å². The van der Waals surface area contributed by atoms with Crippen LogP contribution in [0.25, 0.3) is 22.3 Å². The zero-order valence-electron chi connectivity index (χ0n) is 17.9. The van der Waals surface area contributed by atoms with Gasteiger partial charge in [0.05, 0.1) is 16.6 Å². The van der Waals surface area contributed by atoms with E-state index in [9.17, 15) is 14.4 Å². The van der Waals surface area contributed by atoms with Gasteiger partial charge in [-0.3, -0.25) is 19.1 Å². The van der Waals surface area contributed by atoms with E-state index in [-0.39, 0.29) is 22.9 Å². The van der Waals surface area contributed by atoms with Crippen molar-refractivity contribution in [2.24, 2.45) is 0 Å². The summed E-state index contributed by atoms with van der Waals surface area (Å²) >= 11 is 0. The predicted octanol–water partition coefficient (Wildman–Crippen LogP) is 2.87. The maximum absolute atomic E-state index is 12.9. The maximum Gasteiger partial charge on any atom is 0.330 e. The molecule has 4 aromatic rings. The number of aromatic nitrogens is 5. The molecular formula is C24H22N6O3. The summed E-state index contributed by atoms with van der Waals surface area (Å²) in [5, 5.41) is 3.11. The third-order valence-corrected chi connectivity index (χ3v) is 6.28. The van der Waals surface area contributed by atoms with Crippen LogP contribution >= 0.6 is 0 Å². The number of pyridine rings is 1. The number of nitrogens with one attached hydrogen (secondary N) is 2. The summed E-state index contributed by atoms with van der Waals surface area (Å²) in [6.07, 6.45) is 8.53. The van der Waals surface area contributed by atoms with Gasteiger partial charge < -0.3 is 9.88 Å². The fraction of sp³-hybridized carbons (Fsp3) is 0.292. The number of aryl methyl sites for hydroxylation is 2. The molecule has 9 heteroatoms. The van der Waals surface area contributed by atoms with Crippen LogP contribution < -0.4 is 16.6 Å². The number of imidazole rings is 1. The molecule has 0 unspecified atom stereocenters. The summed E-state index contributed by atoms with van der Waals surface area (Å²) in [6, 6.07) is 9.09. The lowest BCUT2D eigenvalue weighted by molar-refractivity contribution is 0.102. The number of aromatic amines is 1. The van der Waals surface area contributed by atoms with Crippen molar-refractivity contribution in [2.45, 2.75) is 44.7 Å². The average molecular weight is 442 g/mol. The van der Waals surface area contributed by atoms with Crippen molar-refractivity contribution in [3.63, 3.8) is 0 Å². The quantitative estimate of drug-likeness (QED) is 0.504. The molecule has 0 spiro atoms. The number of fused-ring (bicyclic) bond motifs is 2. The number of hydrogen-bond acceptors (Lipinski definition) is 5. The average Bonchev–Trinajstić information content (AvgIpc) is 3.55. The van der Waals surface area contributed by atoms with Crippen LogP contribution in [0.3, 0.4) is 0 Å².